The molecule has 3 heterocycles. The molecule has 0 spiro atoms. The number of nitrogens with one attached hydrogen (secondary N) is 1. The van der Waals surface area contributed by atoms with Crippen molar-refractivity contribution in [3.8, 4) is 16.3 Å². The second kappa shape index (κ2) is 6.01. The van der Waals surface area contributed by atoms with Gasteiger partial charge in [0.1, 0.15) is 10.8 Å². The predicted molar refractivity (Wildman–Crippen MR) is 111 cm³/mol. The van der Waals surface area contributed by atoms with Crippen LogP contribution >= 0.6 is 11.3 Å². The van der Waals surface area contributed by atoms with Gasteiger partial charge in [0.25, 0.3) is 17.4 Å². The number of imide groups is 1. The molecule has 5 rings (SSSR count). The first-order valence-corrected chi connectivity index (χ1v) is 9.42. The number of amides is 2. The number of hydrogen-bond donors (Lipinski definition) is 3. The number of hydrogen-bond acceptors (Lipinski definition) is 7. The van der Waals surface area contributed by atoms with Crippen molar-refractivity contribution >= 4 is 44.9 Å². The minimum absolute atomic E-state index is 0.00586. The van der Waals surface area contributed by atoms with Crippen LogP contribution in [0.1, 0.15) is 20.7 Å². The number of fused-ring (bicyclic) bond motifs is 2. The number of thiazole rings is 1. The Kier molecular flexibility index (Phi) is 3.55. The fraction of sp³-hybridized carbons (Fsp3) is 0. The molecule has 0 saturated carbocycles. The largest absolute Gasteiger partial charge is 0.399 e. The number of aromatic nitrogens is 2. The van der Waals surface area contributed by atoms with Gasteiger partial charge in [0.2, 0.25) is 0 Å². The van der Waals surface area contributed by atoms with Crippen LogP contribution in [0.25, 0.3) is 26.5 Å². The van der Waals surface area contributed by atoms with Crippen LogP contribution in [0.2, 0.25) is 0 Å². The number of nitrogens with zero attached hydrogens (tertiary/aromatic N) is 2. The van der Waals surface area contributed by atoms with E-state index in [1.54, 1.807) is 24.3 Å². The minimum Gasteiger partial charge on any atom is -0.399 e. The van der Waals surface area contributed by atoms with E-state index in [4.69, 9.17) is 11.5 Å². The van der Waals surface area contributed by atoms with Gasteiger partial charge in [-0.25, -0.2) is 4.98 Å². The molecule has 9 heteroatoms. The van der Waals surface area contributed by atoms with Gasteiger partial charge in [0.15, 0.2) is 0 Å². The molecule has 0 unspecified atom stereocenters. The maximum Gasteiger partial charge on any atom is 0.262 e. The molecule has 142 valence electrons. The summed E-state index contributed by atoms with van der Waals surface area (Å²) >= 11 is 1.48. The topological polar surface area (TPSA) is 133 Å². The summed E-state index contributed by atoms with van der Waals surface area (Å²) in [6.45, 7) is 0. The average molecular weight is 403 g/mol. The summed E-state index contributed by atoms with van der Waals surface area (Å²) in [7, 11) is 0. The summed E-state index contributed by atoms with van der Waals surface area (Å²) in [5.74, 6) is -1.32. The zero-order chi connectivity index (χ0) is 20.3. The highest BCUT2D eigenvalue weighted by molar-refractivity contribution is 7.21. The molecule has 0 radical (unpaired) electrons. The van der Waals surface area contributed by atoms with Crippen LogP contribution in [0.15, 0.2) is 53.3 Å². The SMILES string of the molecule is Nc1ccc2nc(-c3cccc(-n4c(N)c5c(cc4=O)C(=O)NC5=O)c3)sc2c1. The number of carbonyl (C=O) groups is 2. The van der Waals surface area contributed by atoms with Crippen molar-refractivity contribution in [3.63, 3.8) is 0 Å². The summed E-state index contributed by atoms with van der Waals surface area (Å²) in [6, 6.07) is 13.7. The fourth-order valence-electron chi connectivity index (χ4n) is 3.39. The summed E-state index contributed by atoms with van der Waals surface area (Å²) in [4.78, 5) is 41.1. The van der Waals surface area contributed by atoms with Crippen molar-refractivity contribution in [2.24, 2.45) is 0 Å². The number of nitrogens with two attached hydrogens (primary N) is 2. The highest BCUT2D eigenvalue weighted by atomic mass is 32.1. The van der Waals surface area contributed by atoms with Crippen molar-refractivity contribution in [1.82, 2.24) is 14.9 Å². The summed E-state index contributed by atoms with van der Waals surface area (Å²) in [6.07, 6.45) is 0. The molecule has 1 aliphatic rings. The lowest BCUT2D eigenvalue weighted by atomic mass is 10.1. The Morgan fingerprint density at radius 3 is 2.62 bits per heavy atom. The average Bonchev–Trinajstić information content (AvgIpc) is 3.22. The van der Waals surface area contributed by atoms with Crippen molar-refractivity contribution < 1.29 is 9.59 Å². The Balaban J connectivity index is 1.67. The molecule has 2 aromatic carbocycles. The smallest absolute Gasteiger partial charge is 0.262 e. The van der Waals surface area contributed by atoms with Gasteiger partial charge in [-0.1, -0.05) is 12.1 Å². The summed E-state index contributed by atoms with van der Waals surface area (Å²) in [5.41, 5.74) is 14.2. The number of pyridine rings is 1. The minimum atomic E-state index is -0.622. The van der Waals surface area contributed by atoms with E-state index in [0.717, 1.165) is 26.9 Å². The quantitative estimate of drug-likeness (QED) is 0.347. The van der Waals surface area contributed by atoms with Crippen LogP contribution in [-0.2, 0) is 0 Å². The Hall–Kier alpha value is -3.98. The molecule has 0 bridgehead atoms. The first-order chi connectivity index (χ1) is 13.9. The lowest BCUT2D eigenvalue weighted by Crippen LogP contribution is -2.24. The number of nitrogen functional groups attached to an aromatic ring is 2. The molecule has 0 atom stereocenters. The predicted octanol–water partition coefficient (Wildman–Crippen LogP) is 2.16. The van der Waals surface area contributed by atoms with Crippen LogP contribution in [-0.4, -0.2) is 21.4 Å². The normalized spacial score (nSPS) is 13.0. The van der Waals surface area contributed by atoms with Crippen LogP contribution in [0.4, 0.5) is 11.5 Å². The lowest BCUT2D eigenvalue weighted by Gasteiger charge is -2.12. The second-order valence-corrected chi connectivity index (χ2v) is 7.60. The van der Waals surface area contributed by atoms with Gasteiger partial charge in [-0.05, 0) is 30.3 Å². The van der Waals surface area contributed by atoms with E-state index >= 15 is 0 Å². The van der Waals surface area contributed by atoms with Crippen molar-refractivity contribution in [2.75, 3.05) is 11.5 Å². The van der Waals surface area contributed by atoms with Gasteiger partial charge < -0.3 is 11.5 Å². The molecule has 2 amide bonds. The third-order valence-corrected chi connectivity index (χ3v) is 5.78. The molecular weight excluding hydrogens is 390 g/mol. The molecule has 8 nitrogen and oxygen atoms in total. The van der Waals surface area contributed by atoms with Crippen LogP contribution in [0.5, 0.6) is 0 Å². The highest BCUT2D eigenvalue weighted by Crippen LogP contribution is 2.32. The van der Waals surface area contributed by atoms with E-state index in [9.17, 15) is 14.4 Å². The zero-order valence-electron chi connectivity index (χ0n) is 14.8. The Morgan fingerprint density at radius 2 is 1.79 bits per heavy atom. The fourth-order valence-corrected chi connectivity index (χ4v) is 4.40. The standard InChI is InChI=1S/C20H13N5O3S/c21-10-4-5-13-14(7-10)29-20(23-13)9-2-1-3-11(6-9)25-15(26)8-12-16(17(25)22)19(28)24-18(12)27/h1-8H,21-22H2,(H,24,27,28). The molecule has 5 N–H and O–H groups in total. The van der Waals surface area contributed by atoms with E-state index in [-0.39, 0.29) is 16.9 Å². The lowest BCUT2D eigenvalue weighted by molar-refractivity contribution is 0.0880. The van der Waals surface area contributed by atoms with Crippen molar-refractivity contribution in [3.05, 3.63) is 70.0 Å². The number of benzene rings is 2. The van der Waals surface area contributed by atoms with Crippen molar-refractivity contribution in [2.45, 2.75) is 0 Å². The van der Waals surface area contributed by atoms with Gasteiger partial charge in [0, 0.05) is 17.3 Å². The van der Waals surface area contributed by atoms with Crippen LogP contribution in [0, 0.1) is 0 Å². The maximum absolute atomic E-state index is 12.6. The molecule has 0 fully saturated rings. The number of anilines is 2. The first-order valence-electron chi connectivity index (χ1n) is 8.60. The third kappa shape index (κ3) is 2.59. The Labute approximate surface area is 167 Å². The van der Waals surface area contributed by atoms with Gasteiger partial charge in [-0.2, -0.15) is 0 Å². The molecule has 29 heavy (non-hydrogen) atoms. The molecule has 1 aliphatic heterocycles. The number of rotatable bonds is 2. The second-order valence-electron chi connectivity index (χ2n) is 6.57. The number of carbonyl (C=O) groups excluding carboxylic acids is 2. The van der Waals surface area contributed by atoms with Gasteiger partial charge in [-0.15, -0.1) is 11.3 Å². The van der Waals surface area contributed by atoms with Crippen molar-refractivity contribution in [1.29, 1.82) is 0 Å². The van der Waals surface area contributed by atoms with Gasteiger partial charge >= 0.3 is 0 Å². The maximum atomic E-state index is 12.6. The molecular formula is C20H13N5O3S. The van der Waals surface area contributed by atoms with E-state index < -0.39 is 17.4 Å². The first kappa shape index (κ1) is 17.1. The summed E-state index contributed by atoms with van der Waals surface area (Å²) in [5, 5.41) is 2.91. The Bertz CT molecular complexity index is 1420. The monoisotopic (exact) mass is 403 g/mol. The molecule has 0 saturated heterocycles. The van der Waals surface area contributed by atoms with Crippen LogP contribution < -0.4 is 22.3 Å². The zero-order valence-corrected chi connectivity index (χ0v) is 15.6. The molecule has 0 aliphatic carbocycles. The highest BCUT2D eigenvalue weighted by Gasteiger charge is 2.31. The summed E-state index contributed by atoms with van der Waals surface area (Å²) < 4.78 is 2.17. The molecule has 4 aromatic rings. The van der Waals surface area contributed by atoms with E-state index in [0.29, 0.717) is 11.4 Å². The van der Waals surface area contributed by atoms with Crippen LogP contribution in [0.3, 0.4) is 0 Å². The van der Waals surface area contributed by atoms with Gasteiger partial charge in [0.05, 0.1) is 27.0 Å². The van der Waals surface area contributed by atoms with E-state index in [2.05, 4.69) is 10.3 Å². The third-order valence-electron chi connectivity index (χ3n) is 4.72. The van der Waals surface area contributed by atoms with E-state index in [1.165, 1.54) is 15.9 Å². The van der Waals surface area contributed by atoms with Gasteiger partial charge in [-0.3, -0.25) is 24.3 Å². The van der Waals surface area contributed by atoms with E-state index in [1.807, 2.05) is 18.2 Å². The Morgan fingerprint density at radius 1 is 0.966 bits per heavy atom. The molecule has 2 aromatic heterocycles.